The minimum absolute atomic E-state index is 0.680. The van der Waals surface area contributed by atoms with Crippen molar-refractivity contribution in [2.75, 3.05) is 14.2 Å². The average molecular weight is 159 g/mol. The first kappa shape index (κ1) is 10.5. The fourth-order valence-electron chi connectivity index (χ4n) is 0.640. The van der Waals surface area contributed by atoms with Crippen molar-refractivity contribution in [3.8, 4) is 0 Å². The third-order valence-corrected chi connectivity index (χ3v) is 1.67. The lowest BCUT2D eigenvalue weighted by Gasteiger charge is -2.22. The van der Waals surface area contributed by atoms with Gasteiger partial charge in [-0.1, -0.05) is 6.92 Å². The summed E-state index contributed by atoms with van der Waals surface area (Å²) >= 11 is 0. The lowest BCUT2D eigenvalue weighted by atomic mass is 10.2. The fraction of sp³-hybridized carbons (Fsp3) is 0.750. The molecule has 0 spiro atoms. The smallest absolute Gasteiger partial charge is 0.186 e. The van der Waals surface area contributed by atoms with Crippen molar-refractivity contribution in [1.82, 2.24) is 0 Å². The second-order valence-electron chi connectivity index (χ2n) is 2.50. The minimum atomic E-state index is -0.680. The zero-order valence-electron chi connectivity index (χ0n) is 7.68. The Hall–Kier alpha value is -0.540. The maximum absolute atomic E-state index is 5.61. The average Bonchev–Trinajstić information content (AvgIpc) is 2.04. The molecular weight excluding hydrogens is 142 g/mol. The molecule has 11 heavy (non-hydrogen) atoms. The normalized spacial score (nSPS) is 13.6. The van der Waals surface area contributed by atoms with Gasteiger partial charge < -0.3 is 15.2 Å². The van der Waals surface area contributed by atoms with E-state index in [2.05, 4.69) is 0 Å². The Balaban J connectivity index is 4.27. The molecule has 0 aromatic carbocycles. The van der Waals surface area contributed by atoms with E-state index in [-0.39, 0.29) is 0 Å². The van der Waals surface area contributed by atoms with Gasteiger partial charge in [-0.15, -0.1) is 0 Å². The van der Waals surface area contributed by atoms with Crippen LogP contribution in [0.25, 0.3) is 0 Å². The molecule has 66 valence electrons. The quantitative estimate of drug-likeness (QED) is 0.628. The highest BCUT2D eigenvalue weighted by Crippen LogP contribution is 2.13. The summed E-state index contributed by atoms with van der Waals surface area (Å²) in [6.07, 6.45) is 2.58. The minimum Gasteiger partial charge on any atom is -0.402 e. The molecule has 0 aliphatic carbocycles. The third-order valence-electron chi connectivity index (χ3n) is 1.67. The number of methoxy groups -OCH3 is 2. The van der Waals surface area contributed by atoms with Crippen molar-refractivity contribution in [2.24, 2.45) is 5.73 Å². The van der Waals surface area contributed by atoms with E-state index in [1.807, 2.05) is 13.8 Å². The molecule has 0 bridgehead atoms. The number of rotatable bonds is 4. The van der Waals surface area contributed by atoms with Gasteiger partial charge in [0.1, 0.15) is 0 Å². The summed E-state index contributed by atoms with van der Waals surface area (Å²) in [6, 6.07) is 0. The largest absolute Gasteiger partial charge is 0.402 e. The first-order valence-electron chi connectivity index (χ1n) is 3.65. The predicted molar refractivity (Wildman–Crippen MR) is 45.0 cm³/mol. The summed E-state index contributed by atoms with van der Waals surface area (Å²) in [7, 11) is 3.17. The van der Waals surface area contributed by atoms with Gasteiger partial charge in [0.2, 0.25) is 0 Å². The van der Waals surface area contributed by atoms with E-state index >= 15 is 0 Å². The molecule has 0 fully saturated rings. The molecule has 0 aliphatic rings. The van der Waals surface area contributed by atoms with Crippen LogP contribution >= 0.6 is 0 Å². The Kier molecular flexibility index (Phi) is 4.15. The second kappa shape index (κ2) is 4.36. The van der Waals surface area contributed by atoms with E-state index in [0.717, 1.165) is 12.1 Å². The van der Waals surface area contributed by atoms with Gasteiger partial charge in [-0.3, -0.25) is 0 Å². The van der Waals surface area contributed by atoms with E-state index in [1.54, 1.807) is 20.3 Å². The number of allylic oxidation sites excluding steroid dienone is 1. The van der Waals surface area contributed by atoms with E-state index < -0.39 is 5.79 Å². The van der Waals surface area contributed by atoms with Crippen LogP contribution in [0.5, 0.6) is 0 Å². The van der Waals surface area contributed by atoms with Crippen molar-refractivity contribution in [3.63, 3.8) is 0 Å². The van der Waals surface area contributed by atoms with Crippen LogP contribution in [0.1, 0.15) is 20.3 Å². The Morgan fingerprint density at radius 1 is 1.45 bits per heavy atom. The van der Waals surface area contributed by atoms with Crippen molar-refractivity contribution in [2.45, 2.75) is 26.1 Å². The zero-order chi connectivity index (χ0) is 8.91. The van der Waals surface area contributed by atoms with Gasteiger partial charge in [-0.05, 0) is 19.4 Å². The van der Waals surface area contributed by atoms with Gasteiger partial charge in [0.05, 0.1) is 0 Å². The topological polar surface area (TPSA) is 44.5 Å². The molecule has 0 radical (unpaired) electrons. The molecule has 0 rings (SSSR count). The molecule has 0 unspecified atom stereocenters. The molecule has 0 aliphatic heterocycles. The van der Waals surface area contributed by atoms with Crippen LogP contribution in [-0.4, -0.2) is 20.0 Å². The van der Waals surface area contributed by atoms with Crippen LogP contribution in [0.2, 0.25) is 0 Å². The van der Waals surface area contributed by atoms with Gasteiger partial charge in [0.15, 0.2) is 5.79 Å². The number of hydrogen-bond acceptors (Lipinski definition) is 3. The van der Waals surface area contributed by atoms with Crippen molar-refractivity contribution in [1.29, 1.82) is 0 Å². The lowest BCUT2D eigenvalue weighted by molar-refractivity contribution is -0.156. The van der Waals surface area contributed by atoms with E-state index in [0.29, 0.717) is 0 Å². The first-order valence-corrected chi connectivity index (χ1v) is 3.65. The third kappa shape index (κ3) is 3.39. The molecule has 2 N–H and O–H groups in total. The van der Waals surface area contributed by atoms with Crippen molar-refractivity contribution in [3.05, 3.63) is 11.8 Å². The van der Waals surface area contributed by atoms with Gasteiger partial charge in [-0.25, -0.2) is 0 Å². The highest BCUT2D eigenvalue weighted by Gasteiger charge is 2.18. The van der Waals surface area contributed by atoms with Crippen molar-refractivity contribution < 1.29 is 9.47 Å². The number of hydrogen-bond donors (Lipinski definition) is 1. The standard InChI is InChI=1S/C8H17NO2/c1-5-7(9)6-8(2,10-3)11-4/h6H,5,9H2,1-4H3/b7-6+. The molecule has 0 aromatic heterocycles. The fourth-order valence-corrected chi connectivity index (χ4v) is 0.640. The van der Waals surface area contributed by atoms with E-state index in [4.69, 9.17) is 15.2 Å². The van der Waals surface area contributed by atoms with E-state index in [9.17, 15) is 0 Å². The summed E-state index contributed by atoms with van der Waals surface area (Å²) < 4.78 is 10.2. The number of ether oxygens (including phenoxy) is 2. The molecule has 0 atom stereocenters. The number of nitrogens with two attached hydrogens (primary N) is 1. The van der Waals surface area contributed by atoms with Crippen molar-refractivity contribution >= 4 is 0 Å². The van der Waals surface area contributed by atoms with Gasteiger partial charge in [0, 0.05) is 19.9 Å². The maximum atomic E-state index is 5.61. The summed E-state index contributed by atoms with van der Waals surface area (Å²) in [6.45, 7) is 3.80. The van der Waals surface area contributed by atoms with E-state index in [1.165, 1.54) is 0 Å². The lowest BCUT2D eigenvalue weighted by Crippen LogP contribution is -2.28. The monoisotopic (exact) mass is 159 g/mol. The molecular formula is C8H17NO2. The summed E-state index contributed by atoms with van der Waals surface area (Å²) in [5, 5.41) is 0. The summed E-state index contributed by atoms with van der Waals surface area (Å²) in [5.74, 6) is -0.680. The maximum Gasteiger partial charge on any atom is 0.186 e. The Morgan fingerprint density at radius 2 is 1.91 bits per heavy atom. The predicted octanol–water partition coefficient (Wildman–Crippen LogP) is 1.25. The Morgan fingerprint density at radius 3 is 2.18 bits per heavy atom. The highest BCUT2D eigenvalue weighted by atomic mass is 16.7. The van der Waals surface area contributed by atoms with Crippen LogP contribution in [0.15, 0.2) is 11.8 Å². The van der Waals surface area contributed by atoms with Gasteiger partial charge in [-0.2, -0.15) is 0 Å². The SMILES string of the molecule is CC/C(N)=C\C(C)(OC)OC. The van der Waals surface area contributed by atoms with Crippen LogP contribution in [0.4, 0.5) is 0 Å². The van der Waals surface area contributed by atoms with Crippen LogP contribution in [0.3, 0.4) is 0 Å². The van der Waals surface area contributed by atoms with Gasteiger partial charge >= 0.3 is 0 Å². The van der Waals surface area contributed by atoms with Crippen LogP contribution in [-0.2, 0) is 9.47 Å². The van der Waals surface area contributed by atoms with Gasteiger partial charge in [0.25, 0.3) is 0 Å². The summed E-state index contributed by atoms with van der Waals surface area (Å²) in [4.78, 5) is 0. The molecule has 0 amide bonds. The summed E-state index contributed by atoms with van der Waals surface area (Å²) in [5.41, 5.74) is 6.39. The Labute approximate surface area is 68.2 Å². The molecule has 3 heteroatoms. The second-order valence-corrected chi connectivity index (χ2v) is 2.50. The van der Waals surface area contributed by atoms with Crippen LogP contribution in [0, 0.1) is 0 Å². The highest BCUT2D eigenvalue weighted by molar-refractivity contribution is 5.02. The Bertz CT molecular complexity index is 139. The molecule has 0 heterocycles. The van der Waals surface area contributed by atoms with Crippen LogP contribution < -0.4 is 5.73 Å². The molecule has 3 nitrogen and oxygen atoms in total. The molecule has 0 aromatic rings. The molecule has 0 saturated heterocycles. The first-order chi connectivity index (χ1) is 5.08. The zero-order valence-corrected chi connectivity index (χ0v) is 7.68. The molecule has 0 saturated carbocycles.